The molecule has 7 aromatic carbocycles. The van der Waals surface area contributed by atoms with E-state index in [1.54, 1.807) is 0 Å². The van der Waals surface area contributed by atoms with E-state index in [-0.39, 0.29) is 12.2 Å². The molecular formula is C44H33N4+. The maximum atomic E-state index is 3.86. The predicted octanol–water partition coefficient (Wildman–Crippen LogP) is 9.66. The van der Waals surface area contributed by atoms with Crippen LogP contribution in [0.2, 0.25) is 0 Å². The smallest absolute Gasteiger partial charge is 0.186 e. The van der Waals surface area contributed by atoms with Crippen LogP contribution in [0.4, 0.5) is 5.69 Å². The zero-order valence-corrected chi connectivity index (χ0v) is 26.3. The third-order valence-electron chi connectivity index (χ3n) is 10.1. The Bertz CT molecular complexity index is 2630. The van der Waals surface area contributed by atoms with Gasteiger partial charge in [-0.15, -0.1) is 0 Å². The van der Waals surface area contributed by atoms with Crippen LogP contribution in [0.5, 0.6) is 0 Å². The average Bonchev–Trinajstić information content (AvgIpc) is 3.66. The van der Waals surface area contributed by atoms with Gasteiger partial charge in [-0.2, -0.15) is 0 Å². The lowest BCUT2D eigenvalue weighted by Gasteiger charge is -2.32. The minimum Gasteiger partial charge on any atom is -0.332 e. The predicted molar refractivity (Wildman–Crippen MR) is 198 cm³/mol. The van der Waals surface area contributed by atoms with E-state index in [4.69, 9.17) is 0 Å². The number of fused-ring (bicyclic) bond motifs is 7. The van der Waals surface area contributed by atoms with Crippen molar-refractivity contribution >= 4 is 49.3 Å². The topological polar surface area (TPSA) is 38.5 Å². The van der Waals surface area contributed by atoms with E-state index in [0.29, 0.717) is 0 Å². The van der Waals surface area contributed by atoms with Crippen LogP contribution in [0.3, 0.4) is 0 Å². The monoisotopic (exact) mass is 617 g/mol. The number of hydrogen-bond acceptors (Lipinski definition) is 1. The number of rotatable bonds is 4. The summed E-state index contributed by atoms with van der Waals surface area (Å²) in [5.74, 6) is 0. The van der Waals surface area contributed by atoms with Gasteiger partial charge in [0, 0.05) is 55.3 Å². The summed E-state index contributed by atoms with van der Waals surface area (Å²) >= 11 is 0. The molecular weight excluding hydrogens is 585 g/mol. The second-order valence-electron chi connectivity index (χ2n) is 12.8. The van der Waals surface area contributed by atoms with Gasteiger partial charge in [0.25, 0.3) is 0 Å². The summed E-state index contributed by atoms with van der Waals surface area (Å²) in [6.45, 7) is 0. The van der Waals surface area contributed by atoms with Crippen molar-refractivity contribution in [2.24, 2.45) is 0 Å². The molecule has 0 saturated heterocycles. The van der Waals surface area contributed by atoms with Crippen LogP contribution < -0.4 is 10.6 Å². The molecule has 0 bridgehead atoms. The lowest BCUT2D eigenvalue weighted by atomic mass is 9.93. The van der Waals surface area contributed by atoms with Gasteiger partial charge in [0.2, 0.25) is 0 Å². The van der Waals surface area contributed by atoms with Crippen molar-refractivity contribution in [1.29, 1.82) is 0 Å². The van der Waals surface area contributed by atoms with Crippen molar-refractivity contribution in [2.75, 3.05) is 5.32 Å². The summed E-state index contributed by atoms with van der Waals surface area (Å²) in [7, 11) is 0. The number of nitrogens with one attached hydrogen (secondary N) is 1. The van der Waals surface area contributed by atoms with Crippen molar-refractivity contribution in [3.05, 3.63) is 187 Å². The molecule has 1 aliphatic rings. The zero-order valence-electron chi connectivity index (χ0n) is 26.3. The summed E-state index contributed by atoms with van der Waals surface area (Å²) in [5, 5.41) is 11.4. The first-order chi connectivity index (χ1) is 23.8. The molecule has 4 heteroatoms. The largest absolute Gasteiger partial charge is 0.332 e. The van der Waals surface area contributed by atoms with Gasteiger partial charge in [0.05, 0.1) is 22.1 Å². The molecule has 48 heavy (non-hydrogen) atoms. The molecule has 10 rings (SSSR count). The third kappa shape index (κ3) is 4.13. The van der Waals surface area contributed by atoms with Crippen LogP contribution in [0.15, 0.2) is 170 Å². The fourth-order valence-corrected chi connectivity index (χ4v) is 7.98. The molecule has 228 valence electrons. The number of nitrogens with zero attached hydrogens (tertiary/aromatic N) is 2. The quantitative estimate of drug-likeness (QED) is 0.203. The summed E-state index contributed by atoms with van der Waals surface area (Å²) in [6, 6.07) is 62.0. The van der Waals surface area contributed by atoms with Crippen LogP contribution >= 0.6 is 0 Å². The highest BCUT2D eigenvalue weighted by atomic mass is 15.2. The molecule has 3 heterocycles. The number of anilines is 1. The molecule has 2 atom stereocenters. The fraction of sp³-hybridized carbons (Fsp3) is 0.0455. The third-order valence-corrected chi connectivity index (χ3v) is 10.1. The van der Waals surface area contributed by atoms with Crippen molar-refractivity contribution in [3.8, 4) is 11.4 Å². The Morgan fingerprint density at radius 3 is 1.71 bits per heavy atom. The molecule has 0 amide bonds. The number of para-hydroxylation sites is 4. The highest BCUT2D eigenvalue weighted by molar-refractivity contribution is 6.19. The van der Waals surface area contributed by atoms with E-state index >= 15 is 0 Å². The van der Waals surface area contributed by atoms with Gasteiger partial charge in [-0.1, -0.05) is 115 Å². The lowest BCUT2D eigenvalue weighted by Crippen LogP contribution is -2.89. The summed E-state index contributed by atoms with van der Waals surface area (Å²) in [4.78, 5) is 0. The van der Waals surface area contributed by atoms with Crippen LogP contribution in [-0.4, -0.2) is 9.13 Å². The van der Waals surface area contributed by atoms with Gasteiger partial charge in [0.1, 0.15) is 6.04 Å². The van der Waals surface area contributed by atoms with E-state index in [0.717, 1.165) is 5.69 Å². The second kappa shape index (κ2) is 10.7. The van der Waals surface area contributed by atoms with Crippen LogP contribution in [0.1, 0.15) is 28.9 Å². The number of hydrogen-bond donors (Lipinski definition) is 2. The Balaban J connectivity index is 1.18. The lowest BCUT2D eigenvalue weighted by molar-refractivity contribution is -0.723. The molecule has 0 saturated carbocycles. The van der Waals surface area contributed by atoms with Gasteiger partial charge in [-0.05, 0) is 54.6 Å². The Morgan fingerprint density at radius 2 is 0.979 bits per heavy atom. The van der Waals surface area contributed by atoms with Gasteiger partial charge in [0.15, 0.2) is 6.17 Å². The van der Waals surface area contributed by atoms with Crippen molar-refractivity contribution in [2.45, 2.75) is 12.2 Å². The molecule has 4 nitrogen and oxygen atoms in total. The SMILES string of the molecule is c1ccc(C2[NH2+]C(c3cccc(-n4c5ccccc5c5cc6c7ccccc7n(-c7ccccc7)c6cc54)c3)Nc3ccccc32)cc1. The maximum absolute atomic E-state index is 3.86. The highest BCUT2D eigenvalue weighted by Crippen LogP contribution is 2.40. The summed E-state index contributed by atoms with van der Waals surface area (Å²) in [5.41, 5.74) is 12.2. The highest BCUT2D eigenvalue weighted by Gasteiger charge is 2.31. The Kier molecular flexibility index (Phi) is 6.05. The number of quaternary nitrogens is 1. The van der Waals surface area contributed by atoms with Gasteiger partial charge in [-0.3, -0.25) is 0 Å². The maximum Gasteiger partial charge on any atom is 0.186 e. The molecule has 3 N–H and O–H groups in total. The first-order valence-corrected chi connectivity index (χ1v) is 16.7. The summed E-state index contributed by atoms with van der Waals surface area (Å²) < 4.78 is 4.86. The van der Waals surface area contributed by atoms with Gasteiger partial charge < -0.3 is 19.8 Å². The minimum atomic E-state index is 0.0606. The molecule has 2 aromatic heterocycles. The number of nitrogens with two attached hydrogens (primary N) is 1. The summed E-state index contributed by atoms with van der Waals surface area (Å²) in [6.07, 6.45) is 0.0606. The normalized spacial score (nSPS) is 16.0. The molecule has 0 spiro atoms. The molecule has 0 radical (unpaired) electrons. The van der Waals surface area contributed by atoms with E-state index in [2.05, 4.69) is 190 Å². The first-order valence-electron chi connectivity index (χ1n) is 16.7. The number of benzene rings is 7. The molecule has 2 unspecified atom stereocenters. The average molecular weight is 618 g/mol. The van der Waals surface area contributed by atoms with Crippen molar-refractivity contribution in [3.63, 3.8) is 0 Å². The van der Waals surface area contributed by atoms with Crippen molar-refractivity contribution in [1.82, 2.24) is 9.13 Å². The zero-order chi connectivity index (χ0) is 31.6. The van der Waals surface area contributed by atoms with E-state index in [1.165, 1.54) is 71.7 Å². The van der Waals surface area contributed by atoms with E-state index in [1.807, 2.05) is 0 Å². The molecule has 1 aliphatic heterocycles. The minimum absolute atomic E-state index is 0.0606. The molecule has 0 fully saturated rings. The van der Waals surface area contributed by atoms with Crippen LogP contribution in [-0.2, 0) is 0 Å². The second-order valence-corrected chi connectivity index (χ2v) is 12.8. The number of aromatic nitrogens is 2. The van der Waals surface area contributed by atoms with Gasteiger partial charge >= 0.3 is 0 Å². The Hall–Kier alpha value is -6.10. The Morgan fingerprint density at radius 1 is 0.417 bits per heavy atom. The van der Waals surface area contributed by atoms with E-state index < -0.39 is 0 Å². The first kappa shape index (κ1) is 27.1. The van der Waals surface area contributed by atoms with Crippen molar-refractivity contribution < 1.29 is 5.32 Å². The van der Waals surface area contributed by atoms with Gasteiger partial charge in [-0.25, -0.2) is 0 Å². The molecule has 0 aliphatic carbocycles. The van der Waals surface area contributed by atoms with E-state index in [9.17, 15) is 0 Å². The fourth-order valence-electron chi connectivity index (χ4n) is 7.98. The van der Waals surface area contributed by atoms with Crippen LogP contribution in [0.25, 0.3) is 55.0 Å². The van der Waals surface area contributed by atoms with Crippen LogP contribution in [0, 0.1) is 0 Å². The molecule has 9 aromatic rings. The standard InChI is InChI=1S/C44H32N4/c1-3-14-29(15-4-1)43-35-22-7-10-23-38(35)45-44(46-43)30-16-13-19-32(26-30)48-40-25-12-9-21-34(40)37-27-36-33-20-8-11-24-39(33)47(41(36)28-42(37)48)31-17-5-2-6-18-31/h1-28,43-46H/p+1. The Labute approximate surface area is 278 Å².